The molecule has 1 N–H and O–H groups in total. The van der Waals surface area contributed by atoms with E-state index in [1.54, 1.807) is 45.0 Å². The van der Waals surface area contributed by atoms with E-state index >= 15 is 0 Å². The predicted octanol–water partition coefficient (Wildman–Crippen LogP) is 7.40. The molecule has 1 aromatic heterocycles. The third-order valence-electron chi connectivity index (χ3n) is 5.52. The number of nitrogens with zero attached hydrogens (tertiary/aromatic N) is 1. The van der Waals surface area contributed by atoms with Crippen molar-refractivity contribution in [3.05, 3.63) is 118 Å². The lowest BCUT2D eigenvalue weighted by Crippen LogP contribution is -2.32. The number of carbonyl (C=O) groups is 3. The predicted molar refractivity (Wildman–Crippen MR) is 153 cm³/mol. The number of ether oxygens (including phenoxy) is 1. The normalized spacial score (nSPS) is 11.1. The third-order valence-corrected chi connectivity index (χ3v) is 6.66. The number of hydrogen-bond donors (Lipinski definition) is 1. The topological polar surface area (TPSA) is 84.9 Å². The van der Waals surface area contributed by atoms with Gasteiger partial charge in [-0.3, -0.25) is 10.1 Å². The highest BCUT2D eigenvalue weighted by Crippen LogP contribution is 2.37. The average Bonchev–Trinajstić information content (AvgIpc) is 3.37. The number of thiophene rings is 1. The van der Waals surface area contributed by atoms with Crippen molar-refractivity contribution in [3.63, 3.8) is 0 Å². The fourth-order valence-corrected chi connectivity index (χ4v) is 5.09. The number of amides is 2. The number of rotatable bonds is 6. The van der Waals surface area contributed by atoms with Gasteiger partial charge in [-0.2, -0.15) is 0 Å². The third kappa shape index (κ3) is 7.33. The van der Waals surface area contributed by atoms with E-state index < -0.39 is 23.6 Å². The van der Waals surface area contributed by atoms with Gasteiger partial charge in [0, 0.05) is 23.4 Å². The van der Waals surface area contributed by atoms with Crippen LogP contribution in [0.5, 0.6) is 0 Å². The fraction of sp³-hybridized carbons (Fsp3) is 0.194. The number of carbonyl (C=O) groups excluding carboxylic acids is 3. The fourth-order valence-electron chi connectivity index (χ4n) is 4.01. The van der Waals surface area contributed by atoms with Crippen LogP contribution in [0.2, 0.25) is 0 Å². The standard InChI is InChI=1S/C31H30N2O5S/c1-21(34)38-33(25-17-11-16-24(20-25)32-30(36)37-31(2,3)4)29(35)27-19-18-26(39-27)28(22-12-7-5-8-13-22)23-14-9-6-10-15-23/h5-20,28H,1-4H3,(H,32,36). The van der Waals surface area contributed by atoms with E-state index in [0.29, 0.717) is 10.6 Å². The minimum atomic E-state index is -0.671. The largest absolute Gasteiger partial charge is 0.444 e. The average molecular weight is 543 g/mol. The minimum Gasteiger partial charge on any atom is -0.444 e. The van der Waals surface area contributed by atoms with Crippen LogP contribution >= 0.6 is 11.3 Å². The van der Waals surface area contributed by atoms with Crippen molar-refractivity contribution >= 4 is 40.7 Å². The Morgan fingerprint density at radius 3 is 2.00 bits per heavy atom. The molecule has 0 unspecified atom stereocenters. The van der Waals surface area contributed by atoms with Crippen molar-refractivity contribution in [1.82, 2.24) is 0 Å². The van der Waals surface area contributed by atoms with Gasteiger partial charge >= 0.3 is 18.0 Å². The maximum Gasteiger partial charge on any atom is 0.412 e. The summed E-state index contributed by atoms with van der Waals surface area (Å²) in [6.45, 7) is 6.52. The van der Waals surface area contributed by atoms with Crippen LogP contribution in [0.1, 0.15) is 59.3 Å². The number of hydroxylamine groups is 1. The van der Waals surface area contributed by atoms with Crippen molar-refractivity contribution in [1.29, 1.82) is 0 Å². The van der Waals surface area contributed by atoms with Gasteiger partial charge in [0.2, 0.25) is 0 Å². The molecule has 4 aromatic rings. The quantitative estimate of drug-likeness (QED) is 0.257. The van der Waals surface area contributed by atoms with Crippen LogP contribution in [0, 0.1) is 0 Å². The molecule has 0 aliphatic carbocycles. The van der Waals surface area contributed by atoms with E-state index in [2.05, 4.69) is 29.6 Å². The maximum atomic E-state index is 13.7. The van der Waals surface area contributed by atoms with Gasteiger partial charge < -0.3 is 9.57 Å². The molecular formula is C31H30N2O5S. The molecule has 200 valence electrons. The van der Waals surface area contributed by atoms with E-state index in [1.807, 2.05) is 42.5 Å². The second kappa shape index (κ2) is 12.0. The van der Waals surface area contributed by atoms with Crippen LogP contribution < -0.4 is 10.4 Å². The summed E-state index contributed by atoms with van der Waals surface area (Å²) in [5, 5.41) is 3.59. The molecule has 0 saturated heterocycles. The number of nitrogens with one attached hydrogen (secondary N) is 1. The minimum absolute atomic E-state index is 0.0671. The molecule has 0 fully saturated rings. The molecule has 7 nitrogen and oxygen atoms in total. The van der Waals surface area contributed by atoms with E-state index in [4.69, 9.17) is 9.57 Å². The number of hydrogen-bond acceptors (Lipinski definition) is 6. The molecule has 8 heteroatoms. The molecule has 0 spiro atoms. The molecule has 0 saturated carbocycles. The van der Waals surface area contributed by atoms with Crippen LogP contribution in [0.4, 0.5) is 16.2 Å². The van der Waals surface area contributed by atoms with E-state index in [-0.39, 0.29) is 11.6 Å². The van der Waals surface area contributed by atoms with Gasteiger partial charge in [-0.1, -0.05) is 66.7 Å². The summed E-state index contributed by atoms with van der Waals surface area (Å²) < 4.78 is 5.31. The van der Waals surface area contributed by atoms with Crippen molar-refractivity contribution in [2.45, 2.75) is 39.2 Å². The van der Waals surface area contributed by atoms with Crippen LogP contribution in [0.15, 0.2) is 97.1 Å². The van der Waals surface area contributed by atoms with Gasteiger partial charge in [-0.15, -0.1) is 16.4 Å². The monoisotopic (exact) mass is 542 g/mol. The van der Waals surface area contributed by atoms with E-state index in [9.17, 15) is 14.4 Å². The molecule has 3 aromatic carbocycles. The van der Waals surface area contributed by atoms with E-state index in [0.717, 1.165) is 21.1 Å². The molecule has 4 rings (SSSR count). The zero-order chi connectivity index (χ0) is 28.0. The summed E-state index contributed by atoms with van der Waals surface area (Å²) in [7, 11) is 0. The van der Waals surface area contributed by atoms with E-state index in [1.165, 1.54) is 24.3 Å². The Morgan fingerprint density at radius 1 is 0.821 bits per heavy atom. The first kappa shape index (κ1) is 27.6. The second-order valence-corrected chi connectivity index (χ2v) is 10.9. The zero-order valence-electron chi connectivity index (χ0n) is 22.2. The van der Waals surface area contributed by atoms with Crippen LogP contribution in [0.25, 0.3) is 0 Å². The second-order valence-electron chi connectivity index (χ2n) is 9.82. The first-order chi connectivity index (χ1) is 18.6. The highest BCUT2D eigenvalue weighted by molar-refractivity contribution is 7.14. The smallest absolute Gasteiger partial charge is 0.412 e. The van der Waals surface area contributed by atoms with Crippen LogP contribution in [-0.2, 0) is 14.4 Å². The van der Waals surface area contributed by atoms with Gasteiger partial charge in [-0.25, -0.2) is 9.59 Å². The molecule has 2 amide bonds. The molecule has 0 bridgehead atoms. The maximum absolute atomic E-state index is 13.7. The first-order valence-corrected chi connectivity index (χ1v) is 13.2. The molecule has 0 atom stereocenters. The Balaban J connectivity index is 1.64. The van der Waals surface area contributed by atoms with Crippen molar-refractivity contribution in [2.24, 2.45) is 0 Å². The van der Waals surface area contributed by atoms with Crippen molar-refractivity contribution in [2.75, 3.05) is 10.4 Å². The van der Waals surface area contributed by atoms with Gasteiger partial charge in [0.05, 0.1) is 10.6 Å². The Kier molecular flexibility index (Phi) is 8.46. The molecule has 0 aliphatic heterocycles. The Hall–Kier alpha value is -4.43. The summed E-state index contributed by atoms with van der Waals surface area (Å²) in [5.41, 5.74) is 2.19. The summed E-state index contributed by atoms with van der Waals surface area (Å²) in [6, 6.07) is 30.3. The number of benzene rings is 3. The Bertz CT molecular complexity index is 1410. The first-order valence-electron chi connectivity index (χ1n) is 12.4. The van der Waals surface area contributed by atoms with Gasteiger partial charge in [0.15, 0.2) is 0 Å². The molecule has 0 radical (unpaired) electrons. The van der Waals surface area contributed by atoms with Crippen molar-refractivity contribution in [3.8, 4) is 0 Å². The lowest BCUT2D eigenvalue weighted by Gasteiger charge is -2.22. The zero-order valence-corrected chi connectivity index (χ0v) is 23.0. The highest BCUT2D eigenvalue weighted by atomic mass is 32.1. The lowest BCUT2D eigenvalue weighted by atomic mass is 9.90. The number of anilines is 2. The molecule has 0 aliphatic rings. The van der Waals surface area contributed by atoms with Gasteiger partial charge in [0.1, 0.15) is 5.60 Å². The Labute approximate surface area is 232 Å². The molecule has 1 heterocycles. The van der Waals surface area contributed by atoms with Crippen LogP contribution in [0.3, 0.4) is 0 Å². The van der Waals surface area contributed by atoms with Gasteiger partial charge in [0.25, 0.3) is 0 Å². The van der Waals surface area contributed by atoms with Gasteiger partial charge in [-0.05, 0) is 62.2 Å². The lowest BCUT2D eigenvalue weighted by molar-refractivity contribution is -0.141. The Morgan fingerprint density at radius 2 is 1.44 bits per heavy atom. The summed E-state index contributed by atoms with van der Waals surface area (Å²) >= 11 is 1.34. The summed E-state index contributed by atoms with van der Waals surface area (Å²) in [4.78, 5) is 44.6. The highest BCUT2D eigenvalue weighted by Gasteiger charge is 2.26. The van der Waals surface area contributed by atoms with Crippen molar-refractivity contribution < 1.29 is 24.0 Å². The SMILES string of the molecule is CC(=O)ON(C(=O)c1ccc(C(c2ccccc2)c2ccccc2)s1)c1cccc(NC(=O)OC(C)(C)C)c1. The summed E-state index contributed by atoms with van der Waals surface area (Å²) in [6.07, 6.45) is -0.638. The summed E-state index contributed by atoms with van der Waals surface area (Å²) in [5.74, 6) is -1.23. The molecule has 39 heavy (non-hydrogen) atoms. The molecular weight excluding hydrogens is 512 g/mol. The van der Waals surface area contributed by atoms with Crippen LogP contribution in [-0.4, -0.2) is 23.6 Å².